The van der Waals surface area contributed by atoms with Crippen molar-refractivity contribution in [3.8, 4) is 22.6 Å². The zero-order valence-corrected chi connectivity index (χ0v) is 21.6. The first kappa shape index (κ1) is 24.4. The molecule has 2 aromatic carbocycles. The first-order valence-electron chi connectivity index (χ1n) is 13.4. The predicted octanol–water partition coefficient (Wildman–Crippen LogP) is 6.99. The minimum atomic E-state index is -0.684. The molecular weight excluding hydrogens is 475 g/mol. The highest BCUT2D eigenvalue weighted by Gasteiger charge is 2.56. The number of carbonyl (C=O) groups excluding carboxylic acids is 1. The molecule has 1 saturated carbocycles. The molecule has 4 atom stereocenters. The van der Waals surface area contributed by atoms with E-state index in [1.807, 2.05) is 36.4 Å². The number of halogens is 1. The van der Waals surface area contributed by atoms with E-state index in [0.29, 0.717) is 29.9 Å². The number of ketones is 1. The van der Waals surface area contributed by atoms with E-state index >= 15 is 4.39 Å². The predicted molar refractivity (Wildman–Crippen MR) is 146 cm³/mol. The van der Waals surface area contributed by atoms with Crippen LogP contribution in [0.5, 0.6) is 0 Å². The maximum Gasteiger partial charge on any atom is 0.282 e. The lowest BCUT2D eigenvalue weighted by Crippen LogP contribution is -2.53. The van der Waals surface area contributed by atoms with E-state index < -0.39 is 11.5 Å². The molecule has 0 spiro atoms. The van der Waals surface area contributed by atoms with Gasteiger partial charge in [-0.1, -0.05) is 50.6 Å². The maximum atomic E-state index is 15.2. The lowest BCUT2D eigenvalue weighted by atomic mass is 9.54. The van der Waals surface area contributed by atoms with Crippen molar-refractivity contribution in [3.05, 3.63) is 89.3 Å². The molecule has 2 heterocycles. The van der Waals surface area contributed by atoms with Gasteiger partial charge in [-0.15, -0.1) is 0 Å². The number of fused-ring (bicyclic) bond motifs is 4. The molecule has 1 unspecified atom stereocenters. The summed E-state index contributed by atoms with van der Waals surface area (Å²) in [5, 5.41) is 0.925. The molecule has 5 nitrogen and oxygen atoms in total. The second kappa shape index (κ2) is 9.40. The molecule has 0 N–H and O–H groups in total. The third-order valence-electron chi connectivity index (χ3n) is 8.64. The first-order chi connectivity index (χ1) is 18.5. The van der Waals surface area contributed by atoms with Gasteiger partial charge in [0.15, 0.2) is 5.82 Å². The second-order valence-corrected chi connectivity index (χ2v) is 10.8. The first-order valence-corrected chi connectivity index (χ1v) is 13.4. The summed E-state index contributed by atoms with van der Waals surface area (Å²) in [5.41, 5.74) is 4.03. The Morgan fingerprint density at radius 2 is 1.89 bits per heavy atom. The van der Waals surface area contributed by atoms with Crippen molar-refractivity contribution < 1.29 is 9.18 Å². The zero-order chi connectivity index (χ0) is 26.4. The van der Waals surface area contributed by atoms with Crippen molar-refractivity contribution >= 4 is 16.7 Å². The van der Waals surface area contributed by atoms with E-state index in [2.05, 4.69) is 23.7 Å². The van der Waals surface area contributed by atoms with Crippen LogP contribution in [0.1, 0.15) is 50.8 Å². The number of benzene rings is 2. The molecule has 0 saturated heterocycles. The Hall–Kier alpha value is -3.98. The van der Waals surface area contributed by atoms with Gasteiger partial charge in [0.25, 0.3) is 6.04 Å². The fourth-order valence-corrected chi connectivity index (χ4v) is 6.89. The summed E-state index contributed by atoms with van der Waals surface area (Å²) in [6.07, 6.45) is 5.32. The molecule has 1 fully saturated rings. The highest BCUT2D eigenvalue weighted by molar-refractivity contribution is 5.93. The van der Waals surface area contributed by atoms with Crippen molar-refractivity contribution in [1.29, 1.82) is 0 Å². The van der Waals surface area contributed by atoms with Crippen LogP contribution in [0.4, 0.5) is 4.39 Å². The van der Waals surface area contributed by atoms with E-state index in [1.54, 1.807) is 18.3 Å². The summed E-state index contributed by atoms with van der Waals surface area (Å²) < 4.78 is 15.2. The molecule has 2 aromatic heterocycles. The summed E-state index contributed by atoms with van der Waals surface area (Å²) in [6.45, 7) is 12.1. The summed E-state index contributed by atoms with van der Waals surface area (Å²) >= 11 is 0. The van der Waals surface area contributed by atoms with Crippen LogP contribution in [0, 0.1) is 24.2 Å². The molecule has 2 aliphatic rings. The fourth-order valence-electron chi connectivity index (χ4n) is 6.89. The lowest BCUT2D eigenvalue weighted by molar-refractivity contribution is -0.130. The Kier molecular flexibility index (Phi) is 6.03. The number of nitrogens with zero attached hydrogens (tertiary/aromatic N) is 4. The van der Waals surface area contributed by atoms with Crippen molar-refractivity contribution in [3.63, 3.8) is 0 Å². The Morgan fingerprint density at radius 3 is 2.68 bits per heavy atom. The average molecular weight is 505 g/mol. The quantitative estimate of drug-likeness (QED) is 0.281. The molecule has 0 amide bonds. The number of pyridine rings is 1. The molecule has 0 radical (unpaired) electrons. The fraction of sp³-hybridized carbons (Fsp3) is 0.344. The third kappa shape index (κ3) is 3.72. The van der Waals surface area contributed by atoms with Crippen LogP contribution in [-0.2, 0) is 16.6 Å². The largest absolute Gasteiger partial charge is 0.305 e. The smallest absolute Gasteiger partial charge is 0.282 e. The summed E-state index contributed by atoms with van der Waals surface area (Å²) in [7, 11) is 0. The minimum absolute atomic E-state index is 0.0801. The van der Waals surface area contributed by atoms with Gasteiger partial charge in [-0.25, -0.2) is 20.9 Å². The Balaban J connectivity index is 1.64. The van der Waals surface area contributed by atoms with Crippen LogP contribution in [0.3, 0.4) is 0 Å². The summed E-state index contributed by atoms with van der Waals surface area (Å²) in [6, 6.07) is 15.8. The minimum Gasteiger partial charge on any atom is -0.305 e. The van der Waals surface area contributed by atoms with Gasteiger partial charge in [0.1, 0.15) is 5.82 Å². The van der Waals surface area contributed by atoms with Crippen molar-refractivity contribution in [2.75, 3.05) is 0 Å². The van der Waals surface area contributed by atoms with Gasteiger partial charge in [0, 0.05) is 46.0 Å². The van der Waals surface area contributed by atoms with E-state index in [1.165, 1.54) is 6.07 Å². The van der Waals surface area contributed by atoms with Gasteiger partial charge in [0.05, 0.1) is 16.9 Å². The molecule has 6 heteroatoms. The van der Waals surface area contributed by atoms with Gasteiger partial charge in [-0.2, -0.15) is 0 Å². The summed E-state index contributed by atoms with van der Waals surface area (Å²) in [4.78, 5) is 31.8. The SMILES string of the molecule is [C-]#[N+]C1C[C@@]2(C)c3nc(-c4cccc5ncccc45)nc(-c4ccccc4F)c3CC[C@@H]2[C@@H](CCC)C1=O. The Bertz CT molecular complexity index is 1600. The summed E-state index contributed by atoms with van der Waals surface area (Å²) in [5.74, 6) is 0.198. The number of hydrogen-bond acceptors (Lipinski definition) is 4. The Labute approximate surface area is 222 Å². The number of aromatic nitrogens is 3. The van der Waals surface area contributed by atoms with Crippen molar-refractivity contribution in [2.45, 2.75) is 57.4 Å². The van der Waals surface area contributed by atoms with Gasteiger partial charge < -0.3 is 4.85 Å². The average Bonchev–Trinajstić information content (AvgIpc) is 2.94. The molecule has 4 aromatic rings. The normalized spacial score (nSPS) is 24.5. The van der Waals surface area contributed by atoms with Gasteiger partial charge in [-0.05, 0) is 49.4 Å². The molecule has 0 aliphatic heterocycles. The topological polar surface area (TPSA) is 60.1 Å². The number of rotatable bonds is 4. The standard InChI is InChI=1S/C32H29FN4O/c1-4-9-21-24-16-15-23-28(22-10-5-6-13-25(22)33)36-31(20-11-7-14-26-19(20)12-8-17-35-26)37-30(23)32(24,2)18-27(34-3)29(21)38/h5-8,10-14,17,21,24,27H,4,9,15-16,18H2,1-2H3/t21-,24-,27?,32-/m1/s1. The van der Waals surface area contributed by atoms with Gasteiger partial charge in [-0.3, -0.25) is 9.78 Å². The highest BCUT2D eigenvalue weighted by atomic mass is 19.1. The highest BCUT2D eigenvalue weighted by Crippen LogP contribution is 2.53. The maximum absolute atomic E-state index is 15.2. The Morgan fingerprint density at radius 1 is 1.08 bits per heavy atom. The van der Waals surface area contributed by atoms with Crippen LogP contribution in [0.25, 0.3) is 38.4 Å². The molecule has 38 heavy (non-hydrogen) atoms. The van der Waals surface area contributed by atoms with Crippen LogP contribution in [0.15, 0.2) is 60.8 Å². The van der Waals surface area contributed by atoms with Gasteiger partial charge >= 0.3 is 0 Å². The van der Waals surface area contributed by atoms with E-state index in [0.717, 1.165) is 47.0 Å². The number of carbonyl (C=O) groups is 1. The molecule has 190 valence electrons. The second-order valence-electron chi connectivity index (χ2n) is 10.8. The van der Waals surface area contributed by atoms with Crippen LogP contribution in [-0.4, -0.2) is 26.8 Å². The number of hydrogen-bond donors (Lipinski definition) is 0. The van der Waals surface area contributed by atoms with Crippen LogP contribution >= 0.6 is 0 Å². The van der Waals surface area contributed by atoms with Gasteiger partial charge in [0.2, 0.25) is 5.78 Å². The van der Waals surface area contributed by atoms with Crippen molar-refractivity contribution in [2.24, 2.45) is 11.8 Å². The van der Waals surface area contributed by atoms with E-state index in [9.17, 15) is 4.79 Å². The van der Waals surface area contributed by atoms with E-state index in [-0.39, 0.29) is 23.4 Å². The molecule has 2 aliphatic carbocycles. The van der Waals surface area contributed by atoms with Crippen LogP contribution < -0.4 is 0 Å². The van der Waals surface area contributed by atoms with Crippen LogP contribution in [0.2, 0.25) is 0 Å². The monoisotopic (exact) mass is 504 g/mol. The zero-order valence-electron chi connectivity index (χ0n) is 21.6. The molecule has 0 bridgehead atoms. The molecular formula is C32H29FN4O. The molecule has 6 rings (SSSR count). The lowest BCUT2D eigenvalue weighted by Gasteiger charge is -2.48. The number of Topliss-reactive ketones (excluding diaryl/α,β-unsaturated/α-hetero) is 1. The van der Waals surface area contributed by atoms with E-state index in [4.69, 9.17) is 16.5 Å². The third-order valence-corrected chi connectivity index (χ3v) is 8.64. The van der Waals surface area contributed by atoms with Crippen molar-refractivity contribution in [1.82, 2.24) is 15.0 Å².